The molecular weight excluding hydrogens is 264 g/mol. The molecule has 0 fully saturated rings. The van der Waals surface area contributed by atoms with Crippen molar-refractivity contribution < 1.29 is 14.5 Å². The Morgan fingerprint density at radius 3 is 2.78 bits per heavy atom. The molecule has 0 spiro atoms. The van der Waals surface area contributed by atoms with Crippen LogP contribution in [0.15, 0.2) is 12.3 Å². The number of primary amides is 1. The van der Waals surface area contributed by atoms with Crippen LogP contribution in [0, 0.1) is 10.1 Å². The van der Waals surface area contributed by atoms with E-state index in [0.29, 0.717) is 0 Å². The Kier molecular flexibility index (Phi) is 4.55. The van der Waals surface area contributed by atoms with Crippen molar-refractivity contribution in [2.24, 2.45) is 5.73 Å². The fraction of sp³-hybridized carbons (Fsp3) is 0.222. The van der Waals surface area contributed by atoms with Crippen molar-refractivity contribution in [1.82, 2.24) is 10.3 Å². The molecule has 18 heavy (non-hydrogen) atoms. The van der Waals surface area contributed by atoms with Gasteiger partial charge in [0.2, 0.25) is 5.91 Å². The van der Waals surface area contributed by atoms with Gasteiger partial charge >= 0.3 is 0 Å². The van der Waals surface area contributed by atoms with Gasteiger partial charge in [-0.2, -0.15) is 0 Å². The molecule has 0 radical (unpaired) electrons. The van der Waals surface area contributed by atoms with Crippen LogP contribution in [0.4, 0.5) is 5.69 Å². The first-order valence-corrected chi connectivity index (χ1v) is 5.16. The maximum absolute atomic E-state index is 11.6. The zero-order valence-electron chi connectivity index (χ0n) is 9.05. The van der Waals surface area contributed by atoms with Gasteiger partial charge in [-0.3, -0.25) is 19.7 Å². The molecule has 9 heteroatoms. The normalized spacial score (nSPS) is 9.83. The summed E-state index contributed by atoms with van der Waals surface area (Å²) in [5.74, 6) is -1.30. The number of amides is 2. The first kappa shape index (κ1) is 13.8. The van der Waals surface area contributed by atoms with Crippen LogP contribution in [0.5, 0.6) is 0 Å². The Labute approximate surface area is 106 Å². The van der Waals surface area contributed by atoms with Crippen molar-refractivity contribution in [3.8, 4) is 0 Å². The van der Waals surface area contributed by atoms with Crippen LogP contribution in [-0.4, -0.2) is 28.3 Å². The van der Waals surface area contributed by atoms with E-state index >= 15 is 0 Å². The van der Waals surface area contributed by atoms with Gasteiger partial charge in [0.15, 0.2) is 0 Å². The van der Waals surface area contributed by atoms with Gasteiger partial charge in [0.1, 0.15) is 16.9 Å². The monoisotopic (exact) mass is 272 g/mol. The number of carbonyl (C=O) groups excluding carboxylic acids is 2. The lowest BCUT2D eigenvalue weighted by atomic mass is 10.2. The van der Waals surface area contributed by atoms with E-state index in [1.54, 1.807) is 0 Å². The van der Waals surface area contributed by atoms with Crippen LogP contribution >= 0.6 is 11.6 Å². The molecule has 8 nitrogen and oxygen atoms in total. The summed E-state index contributed by atoms with van der Waals surface area (Å²) in [5, 5.41) is 13.0. The van der Waals surface area contributed by atoms with Gasteiger partial charge in [-0.25, -0.2) is 4.98 Å². The number of nitrogens with zero attached hydrogens (tertiary/aromatic N) is 2. The van der Waals surface area contributed by atoms with Crippen molar-refractivity contribution in [3.05, 3.63) is 33.1 Å². The number of nitrogens with two attached hydrogens (primary N) is 1. The fourth-order valence-electron chi connectivity index (χ4n) is 1.14. The minimum absolute atomic E-state index is 0.00867. The zero-order valence-corrected chi connectivity index (χ0v) is 9.81. The van der Waals surface area contributed by atoms with E-state index < -0.39 is 22.4 Å². The molecule has 1 aromatic heterocycles. The summed E-state index contributed by atoms with van der Waals surface area (Å²) in [6.07, 6.45) is 0.837. The Hall–Kier alpha value is -2.22. The van der Waals surface area contributed by atoms with E-state index in [2.05, 4.69) is 10.3 Å². The summed E-state index contributed by atoms with van der Waals surface area (Å²) in [5.41, 5.74) is 4.21. The van der Waals surface area contributed by atoms with Crippen LogP contribution in [0.1, 0.15) is 16.8 Å². The summed E-state index contributed by atoms with van der Waals surface area (Å²) in [7, 11) is 0. The van der Waals surface area contributed by atoms with Gasteiger partial charge in [0.05, 0.1) is 4.92 Å². The standard InChI is InChI=1S/C9H9ClN4O4/c10-7-3-5(6(4-13-7)14(17)18)9(16)12-2-1-8(11)15/h3-4H,1-2H2,(H2,11,15)(H,12,16). The second-order valence-corrected chi connectivity index (χ2v) is 3.64. The number of halogens is 1. The third-order valence-corrected chi connectivity index (χ3v) is 2.15. The quantitative estimate of drug-likeness (QED) is 0.451. The SMILES string of the molecule is NC(=O)CCNC(=O)c1cc(Cl)ncc1[N+](=O)[O-]. The van der Waals surface area contributed by atoms with Crippen LogP contribution in [-0.2, 0) is 4.79 Å². The molecule has 1 rings (SSSR count). The van der Waals surface area contributed by atoms with Crippen LogP contribution in [0.25, 0.3) is 0 Å². The predicted molar refractivity (Wildman–Crippen MR) is 62.0 cm³/mol. The maximum atomic E-state index is 11.6. The van der Waals surface area contributed by atoms with E-state index in [1.165, 1.54) is 0 Å². The highest BCUT2D eigenvalue weighted by molar-refractivity contribution is 6.29. The number of hydrogen-bond acceptors (Lipinski definition) is 5. The zero-order chi connectivity index (χ0) is 13.7. The Morgan fingerprint density at radius 1 is 1.56 bits per heavy atom. The highest BCUT2D eigenvalue weighted by Crippen LogP contribution is 2.19. The average Bonchev–Trinajstić information content (AvgIpc) is 2.27. The number of aromatic nitrogens is 1. The molecule has 0 aliphatic heterocycles. The third-order valence-electron chi connectivity index (χ3n) is 1.95. The maximum Gasteiger partial charge on any atom is 0.300 e. The molecule has 0 unspecified atom stereocenters. The van der Waals surface area contributed by atoms with E-state index in [9.17, 15) is 19.7 Å². The predicted octanol–water partition coefficient (Wildman–Crippen LogP) is 0.248. The van der Waals surface area contributed by atoms with Crippen molar-refractivity contribution >= 4 is 29.1 Å². The largest absolute Gasteiger partial charge is 0.370 e. The number of nitro groups is 1. The Bertz CT molecular complexity index is 505. The molecule has 2 amide bonds. The summed E-state index contributed by atoms with van der Waals surface area (Å²) < 4.78 is 0. The van der Waals surface area contributed by atoms with Crippen molar-refractivity contribution in [1.29, 1.82) is 0 Å². The molecule has 0 aliphatic rings. The van der Waals surface area contributed by atoms with Crippen molar-refractivity contribution in [2.45, 2.75) is 6.42 Å². The third kappa shape index (κ3) is 3.67. The second kappa shape index (κ2) is 5.92. The summed E-state index contributed by atoms with van der Waals surface area (Å²) in [6, 6.07) is 1.08. The molecule has 0 aliphatic carbocycles. The summed E-state index contributed by atoms with van der Waals surface area (Å²) in [4.78, 5) is 35.6. The van der Waals surface area contributed by atoms with Crippen LogP contribution in [0.3, 0.4) is 0 Å². The lowest BCUT2D eigenvalue weighted by Crippen LogP contribution is -2.28. The van der Waals surface area contributed by atoms with Gasteiger partial charge in [-0.05, 0) is 6.07 Å². The number of nitrogens with one attached hydrogen (secondary N) is 1. The number of rotatable bonds is 5. The molecular formula is C9H9ClN4O4. The van der Waals surface area contributed by atoms with E-state index in [4.69, 9.17) is 17.3 Å². The number of hydrogen-bond donors (Lipinski definition) is 2. The van der Waals surface area contributed by atoms with Crippen LogP contribution < -0.4 is 11.1 Å². The van der Waals surface area contributed by atoms with E-state index in [1.807, 2.05) is 0 Å². The fourth-order valence-corrected chi connectivity index (χ4v) is 1.30. The molecule has 0 saturated carbocycles. The number of pyridine rings is 1. The average molecular weight is 273 g/mol. The van der Waals surface area contributed by atoms with Gasteiger partial charge in [0.25, 0.3) is 11.6 Å². The first-order chi connectivity index (χ1) is 8.41. The van der Waals surface area contributed by atoms with Gasteiger partial charge in [-0.1, -0.05) is 11.6 Å². The molecule has 0 bridgehead atoms. The van der Waals surface area contributed by atoms with Gasteiger partial charge in [0, 0.05) is 13.0 Å². The molecule has 3 N–H and O–H groups in total. The van der Waals surface area contributed by atoms with Gasteiger partial charge < -0.3 is 11.1 Å². The van der Waals surface area contributed by atoms with Crippen molar-refractivity contribution in [2.75, 3.05) is 6.54 Å². The molecule has 1 aromatic rings. The molecule has 0 saturated heterocycles. The lowest BCUT2D eigenvalue weighted by molar-refractivity contribution is -0.385. The summed E-state index contributed by atoms with van der Waals surface area (Å²) in [6.45, 7) is -0.00867. The highest BCUT2D eigenvalue weighted by Gasteiger charge is 2.21. The minimum Gasteiger partial charge on any atom is -0.370 e. The Balaban J connectivity index is 2.87. The smallest absolute Gasteiger partial charge is 0.300 e. The van der Waals surface area contributed by atoms with E-state index in [0.717, 1.165) is 12.3 Å². The molecule has 96 valence electrons. The lowest BCUT2D eigenvalue weighted by Gasteiger charge is -2.04. The van der Waals surface area contributed by atoms with Crippen LogP contribution in [0.2, 0.25) is 5.15 Å². The summed E-state index contributed by atoms with van der Waals surface area (Å²) >= 11 is 5.56. The highest BCUT2D eigenvalue weighted by atomic mass is 35.5. The first-order valence-electron chi connectivity index (χ1n) is 4.78. The number of carbonyl (C=O) groups is 2. The second-order valence-electron chi connectivity index (χ2n) is 3.25. The molecule has 0 atom stereocenters. The topological polar surface area (TPSA) is 128 Å². The van der Waals surface area contributed by atoms with Gasteiger partial charge in [-0.15, -0.1) is 0 Å². The Morgan fingerprint density at radius 2 is 2.22 bits per heavy atom. The molecule has 0 aromatic carbocycles. The minimum atomic E-state index is -0.744. The van der Waals surface area contributed by atoms with E-state index in [-0.39, 0.29) is 23.7 Å². The molecule has 1 heterocycles. The van der Waals surface area contributed by atoms with Crippen molar-refractivity contribution in [3.63, 3.8) is 0 Å².